The summed E-state index contributed by atoms with van der Waals surface area (Å²) in [5.74, 6) is 0.137. The predicted octanol–water partition coefficient (Wildman–Crippen LogP) is 5.90. The molecule has 3 amide bonds. The van der Waals surface area contributed by atoms with Crippen molar-refractivity contribution in [2.45, 2.75) is 13.8 Å². The average Bonchev–Trinajstić information content (AvgIpc) is 3.29. The third-order valence-corrected chi connectivity index (χ3v) is 7.06. The topological polar surface area (TPSA) is 66.8 Å². The van der Waals surface area contributed by atoms with Gasteiger partial charge in [-0.05, 0) is 61.9 Å². The minimum Gasteiger partial charge on any atom is -0.497 e. The number of carbonyl (C=O) groups is 2. The number of benzene rings is 3. The number of hydrogen-bond acceptors (Lipinski definition) is 3. The number of nitrogens with one attached hydrogen (secondary N) is 1. The van der Waals surface area contributed by atoms with Crippen LogP contribution in [0.2, 0.25) is 0 Å². The molecule has 0 bridgehead atoms. The molecule has 0 saturated carbocycles. The van der Waals surface area contributed by atoms with Gasteiger partial charge in [0.05, 0.1) is 24.1 Å². The zero-order valence-electron chi connectivity index (χ0n) is 22.3. The van der Waals surface area contributed by atoms with E-state index in [-0.39, 0.29) is 17.8 Å². The third-order valence-electron chi connectivity index (χ3n) is 7.06. The highest BCUT2D eigenvalue weighted by atomic mass is 19.1. The molecule has 2 heterocycles. The van der Waals surface area contributed by atoms with Crippen LogP contribution in [0, 0.1) is 19.7 Å². The van der Waals surface area contributed by atoms with E-state index in [2.05, 4.69) is 5.32 Å². The summed E-state index contributed by atoms with van der Waals surface area (Å²) in [5, 5.41) is 2.93. The smallest absolute Gasteiger partial charge is 0.321 e. The third kappa shape index (κ3) is 5.36. The van der Waals surface area contributed by atoms with Crippen molar-refractivity contribution in [2.24, 2.45) is 0 Å². The number of aryl methyl sites for hydroxylation is 1. The molecule has 1 saturated heterocycles. The Kier molecular flexibility index (Phi) is 7.36. The van der Waals surface area contributed by atoms with Crippen LogP contribution < -0.4 is 10.1 Å². The maximum atomic E-state index is 15.0. The maximum Gasteiger partial charge on any atom is 0.321 e. The molecule has 0 atom stereocenters. The minimum absolute atomic E-state index is 0.148. The van der Waals surface area contributed by atoms with Crippen molar-refractivity contribution < 1.29 is 18.7 Å². The van der Waals surface area contributed by atoms with E-state index in [1.54, 1.807) is 39.7 Å². The van der Waals surface area contributed by atoms with E-state index < -0.39 is 0 Å². The molecule has 1 aromatic heterocycles. The zero-order chi connectivity index (χ0) is 27.5. The molecule has 8 heteroatoms. The van der Waals surface area contributed by atoms with Gasteiger partial charge in [0.25, 0.3) is 5.91 Å². The van der Waals surface area contributed by atoms with Crippen LogP contribution in [0.3, 0.4) is 0 Å². The number of para-hydroxylation sites is 1. The number of carbonyl (C=O) groups excluding carboxylic acids is 2. The predicted molar refractivity (Wildman–Crippen MR) is 150 cm³/mol. The first-order chi connectivity index (χ1) is 18.9. The van der Waals surface area contributed by atoms with Crippen LogP contribution >= 0.6 is 0 Å². The fourth-order valence-corrected chi connectivity index (χ4v) is 4.97. The van der Waals surface area contributed by atoms with Gasteiger partial charge in [0.15, 0.2) is 0 Å². The number of aromatic nitrogens is 1. The van der Waals surface area contributed by atoms with Gasteiger partial charge in [-0.1, -0.05) is 36.4 Å². The standard InChI is InChI=1S/C31H31FN4O3/c1-21-8-6-10-24(18-21)33-31(38)35-16-14-34(15-17-35)30(37)26-20-29(23-9-7-11-25(19-23)39-3)36(22(26)2)28-13-5-4-12-27(28)32/h4-13,18-20H,14-17H2,1-3H3,(H,33,38). The Morgan fingerprint density at radius 3 is 2.28 bits per heavy atom. The molecule has 0 radical (unpaired) electrons. The second-order valence-corrected chi connectivity index (χ2v) is 9.63. The molecule has 0 unspecified atom stereocenters. The molecule has 1 aliphatic heterocycles. The van der Waals surface area contributed by atoms with Crippen LogP contribution in [-0.4, -0.2) is 59.6 Å². The van der Waals surface area contributed by atoms with Crippen LogP contribution in [0.15, 0.2) is 78.9 Å². The summed E-state index contributed by atoms with van der Waals surface area (Å²) in [6.45, 7) is 5.44. The van der Waals surface area contributed by atoms with Crippen LogP contribution in [0.5, 0.6) is 5.75 Å². The van der Waals surface area contributed by atoms with Gasteiger partial charge >= 0.3 is 6.03 Å². The number of piperazine rings is 1. The maximum absolute atomic E-state index is 15.0. The van der Waals surface area contributed by atoms with Crippen molar-refractivity contribution in [1.82, 2.24) is 14.4 Å². The molecule has 4 aromatic rings. The Hall–Kier alpha value is -4.59. The Morgan fingerprint density at radius 2 is 1.56 bits per heavy atom. The summed E-state index contributed by atoms with van der Waals surface area (Å²) >= 11 is 0. The van der Waals surface area contributed by atoms with Gasteiger partial charge in [0.1, 0.15) is 11.6 Å². The van der Waals surface area contributed by atoms with Crippen molar-refractivity contribution in [3.63, 3.8) is 0 Å². The number of nitrogens with zero attached hydrogens (tertiary/aromatic N) is 3. The fraction of sp³-hybridized carbons (Fsp3) is 0.226. The normalized spacial score (nSPS) is 13.3. The summed E-state index contributed by atoms with van der Waals surface area (Å²) in [5.41, 5.74) is 4.80. The lowest BCUT2D eigenvalue weighted by molar-refractivity contribution is 0.0671. The Morgan fingerprint density at radius 1 is 0.846 bits per heavy atom. The number of ether oxygens (including phenoxy) is 1. The largest absolute Gasteiger partial charge is 0.497 e. The monoisotopic (exact) mass is 526 g/mol. The molecular formula is C31H31FN4O3. The molecule has 5 rings (SSSR count). The molecule has 0 spiro atoms. The zero-order valence-corrected chi connectivity index (χ0v) is 22.3. The number of amides is 3. The van der Waals surface area contributed by atoms with E-state index in [0.717, 1.165) is 16.8 Å². The minimum atomic E-state index is -0.382. The van der Waals surface area contributed by atoms with Crippen LogP contribution in [0.25, 0.3) is 16.9 Å². The summed E-state index contributed by atoms with van der Waals surface area (Å²) in [4.78, 5) is 30.0. The molecule has 39 heavy (non-hydrogen) atoms. The lowest BCUT2D eigenvalue weighted by atomic mass is 10.1. The SMILES string of the molecule is COc1cccc(-c2cc(C(=O)N3CCN(C(=O)Nc4cccc(C)c4)CC3)c(C)n2-c2ccccc2F)c1. The van der Waals surface area contributed by atoms with E-state index in [4.69, 9.17) is 4.74 Å². The second kappa shape index (κ2) is 11.0. The van der Waals surface area contributed by atoms with Crippen LogP contribution in [-0.2, 0) is 0 Å². The number of rotatable bonds is 5. The number of methoxy groups -OCH3 is 1. The number of halogens is 1. The van der Waals surface area contributed by atoms with Crippen LogP contribution in [0.1, 0.15) is 21.6 Å². The van der Waals surface area contributed by atoms with Gasteiger partial charge in [-0.15, -0.1) is 0 Å². The van der Waals surface area contributed by atoms with E-state index in [0.29, 0.717) is 54.6 Å². The van der Waals surface area contributed by atoms with Gasteiger partial charge in [0.2, 0.25) is 0 Å². The van der Waals surface area contributed by atoms with Crippen molar-refractivity contribution in [3.8, 4) is 22.7 Å². The highest BCUT2D eigenvalue weighted by molar-refractivity contribution is 5.98. The van der Waals surface area contributed by atoms with Gasteiger partial charge < -0.3 is 24.4 Å². The second-order valence-electron chi connectivity index (χ2n) is 9.63. The van der Waals surface area contributed by atoms with E-state index in [1.165, 1.54) is 6.07 Å². The summed E-state index contributed by atoms with van der Waals surface area (Å²) in [6.07, 6.45) is 0. The fourth-order valence-electron chi connectivity index (χ4n) is 4.97. The lowest BCUT2D eigenvalue weighted by Crippen LogP contribution is -2.51. The van der Waals surface area contributed by atoms with E-state index in [1.807, 2.05) is 68.4 Å². The number of anilines is 1. The Labute approximate surface area is 227 Å². The number of hydrogen-bond donors (Lipinski definition) is 1. The Bertz CT molecular complexity index is 1520. The first-order valence-corrected chi connectivity index (χ1v) is 12.9. The van der Waals surface area contributed by atoms with Crippen molar-refractivity contribution >= 4 is 17.6 Å². The molecule has 7 nitrogen and oxygen atoms in total. The van der Waals surface area contributed by atoms with Crippen molar-refractivity contribution in [2.75, 3.05) is 38.6 Å². The summed E-state index contributed by atoms with van der Waals surface area (Å²) in [6, 6.07) is 23.3. The van der Waals surface area contributed by atoms with Crippen molar-refractivity contribution in [1.29, 1.82) is 0 Å². The first kappa shape index (κ1) is 26.0. The molecule has 0 aliphatic carbocycles. The quantitative estimate of drug-likeness (QED) is 0.352. The van der Waals surface area contributed by atoms with Gasteiger partial charge in [-0.2, -0.15) is 0 Å². The van der Waals surface area contributed by atoms with Gasteiger partial charge in [-0.25, -0.2) is 9.18 Å². The first-order valence-electron chi connectivity index (χ1n) is 12.9. The molecule has 1 N–H and O–H groups in total. The van der Waals surface area contributed by atoms with E-state index >= 15 is 0 Å². The van der Waals surface area contributed by atoms with Crippen molar-refractivity contribution in [3.05, 3.63) is 102 Å². The molecule has 3 aromatic carbocycles. The molecule has 1 aliphatic rings. The molecule has 200 valence electrons. The van der Waals surface area contributed by atoms with Gasteiger partial charge in [-0.3, -0.25) is 4.79 Å². The highest BCUT2D eigenvalue weighted by Gasteiger charge is 2.28. The average molecular weight is 527 g/mol. The van der Waals surface area contributed by atoms with Gasteiger partial charge in [0, 0.05) is 43.1 Å². The summed E-state index contributed by atoms with van der Waals surface area (Å²) in [7, 11) is 1.59. The van der Waals surface area contributed by atoms with E-state index in [9.17, 15) is 14.0 Å². The Balaban J connectivity index is 1.39. The molecular weight excluding hydrogens is 495 g/mol. The lowest BCUT2D eigenvalue weighted by Gasteiger charge is -2.34. The highest BCUT2D eigenvalue weighted by Crippen LogP contribution is 2.33. The summed E-state index contributed by atoms with van der Waals surface area (Å²) < 4.78 is 22.2. The number of urea groups is 1. The molecule has 1 fully saturated rings. The van der Waals surface area contributed by atoms with Crippen LogP contribution in [0.4, 0.5) is 14.9 Å².